The van der Waals surface area contributed by atoms with Gasteiger partial charge in [-0.15, -0.1) is 0 Å². The minimum atomic E-state index is -1.71. The van der Waals surface area contributed by atoms with Gasteiger partial charge >= 0.3 is 6.08 Å². The van der Waals surface area contributed by atoms with Crippen LogP contribution in [0.5, 0.6) is 0 Å². The van der Waals surface area contributed by atoms with Crippen LogP contribution in [0.25, 0.3) is 0 Å². The fourth-order valence-corrected chi connectivity index (χ4v) is 5.94. The molecule has 0 amide bonds. The lowest BCUT2D eigenvalue weighted by molar-refractivity contribution is 0.00883. The van der Waals surface area contributed by atoms with Crippen LogP contribution in [0.3, 0.4) is 0 Å². The fraction of sp³-hybridized carbons (Fsp3) is 0.905. The first-order valence-corrected chi connectivity index (χ1v) is 10.3. The maximum absolute atomic E-state index is 12.2. The van der Waals surface area contributed by atoms with Gasteiger partial charge in [-0.1, -0.05) is 32.6 Å². The van der Waals surface area contributed by atoms with Crippen LogP contribution in [0.2, 0.25) is 0 Å². The molecule has 0 aromatic heterocycles. The van der Waals surface area contributed by atoms with Crippen LogP contribution in [-0.2, 0) is 4.74 Å². The number of fused-ring (bicyclic) bond motifs is 1. The van der Waals surface area contributed by atoms with E-state index < -0.39 is 6.08 Å². The Morgan fingerprint density at radius 2 is 1.42 bits per heavy atom. The Hall–Kier alpha value is -0.600. The molecule has 0 saturated heterocycles. The van der Waals surface area contributed by atoms with Crippen molar-refractivity contribution in [3.05, 3.63) is 12.3 Å². The molecule has 0 spiro atoms. The van der Waals surface area contributed by atoms with Gasteiger partial charge in [0.25, 0.3) is 0 Å². The predicted molar refractivity (Wildman–Crippen MR) is 93.7 cm³/mol. The van der Waals surface area contributed by atoms with Crippen molar-refractivity contribution in [1.29, 1.82) is 0 Å². The number of ether oxygens (including phenoxy) is 1. The third-order valence-electron chi connectivity index (χ3n) is 7.21. The minimum absolute atomic E-state index is 0.0220. The minimum Gasteiger partial charge on any atom is -0.492 e. The lowest BCUT2D eigenvalue weighted by atomic mass is 9.62. The van der Waals surface area contributed by atoms with E-state index in [1.807, 2.05) is 0 Å². The molecule has 4 atom stereocenters. The Morgan fingerprint density at radius 1 is 0.833 bits per heavy atom. The standard InChI is InChI=1S/C21H34F2O/c1-2-3-15-4-6-16(7-5-15)17-8-9-19-13-20(24-14-21(22)23)11-10-18(19)12-17/h14-20H,2-13H2,1H3. The molecule has 3 aliphatic rings. The lowest BCUT2D eigenvalue weighted by Gasteiger charge is -2.45. The summed E-state index contributed by atoms with van der Waals surface area (Å²) in [5.41, 5.74) is 0. The third-order valence-corrected chi connectivity index (χ3v) is 7.21. The molecule has 3 fully saturated rings. The highest BCUT2D eigenvalue weighted by Crippen LogP contribution is 2.48. The zero-order valence-electron chi connectivity index (χ0n) is 15.2. The van der Waals surface area contributed by atoms with E-state index in [9.17, 15) is 8.78 Å². The number of rotatable bonds is 5. The summed E-state index contributed by atoms with van der Waals surface area (Å²) in [5, 5.41) is 0. The van der Waals surface area contributed by atoms with Crippen LogP contribution in [0, 0.1) is 29.6 Å². The van der Waals surface area contributed by atoms with Gasteiger partial charge < -0.3 is 4.74 Å². The van der Waals surface area contributed by atoms with Gasteiger partial charge in [-0.05, 0) is 81.0 Å². The average Bonchev–Trinajstić information content (AvgIpc) is 2.60. The summed E-state index contributed by atoms with van der Waals surface area (Å²) in [6.45, 7) is 2.31. The first kappa shape index (κ1) is 18.2. The second-order valence-corrected chi connectivity index (χ2v) is 8.64. The van der Waals surface area contributed by atoms with E-state index >= 15 is 0 Å². The number of hydrogen-bond donors (Lipinski definition) is 0. The molecule has 0 aromatic carbocycles. The van der Waals surface area contributed by atoms with Crippen LogP contribution in [0.1, 0.15) is 84.0 Å². The molecule has 0 bridgehead atoms. The summed E-state index contributed by atoms with van der Waals surface area (Å²) in [6, 6.07) is 0. The molecule has 3 rings (SSSR count). The van der Waals surface area contributed by atoms with E-state index in [0.29, 0.717) is 12.2 Å². The molecule has 0 heterocycles. The quantitative estimate of drug-likeness (QED) is 0.493. The molecule has 0 N–H and O–H groups in total. The summed E-state index contributed by atoms with van der Waals surface area (Å²) in [5.74, 6) is 4.45. The molecular formula is C21H34F2O. The van der Waals surface area contributed by atoms with Gasteiger partial charge in [0, 0.05) is 0 Å². The van der Waals surface area contributed by atoms with Gasteiger partial charge in [0.1, 0.15) is 6.26 Å². The van der Waals surface area contributed by atoms with Crippen LogP contribution in [0.15, 0.2) is 12.3 Å². The van der Waals surface area contributed by atoms with Crippen molar-refractivity contribution in [1.82, 2.24) is 0 Å². The molecule has 3 aliphatic carbocycles. The predicted octanol–water partition coefficient (Wildman–Crippen LogP) is 6.93. The van der Waals surface area contributed by atoms with Crippen molar-refractivity contribution in [3.8, 4) is 0 Å². The summed E-state index contributed by atoms with van der Waals surface area (Å²) in [7, 11) is 0. The Kier molecular flexibility index (Phi) is 6.57. The normalized spacial score (nSPS) is 39.8. The highest BCUT2D eigenvalue weighted by Gasteiger charge is 2.39. The topological polar surface area (TPSA) is 9.23 Å². The number of halogens is 2. The highest BCUT2D eigenvalue weighted by atomic mass is 19.3. The molecule has 0 aromatic rings. The molecule has 24 heavy (non-hydrogen) atoms. The van der Waals surface area contributed by atoms with Gasteiger partial charge in [-0.25, -0.2) is 0 Å². The summed E-state index contributed by atoms with van der Waals surface area (Å²) in [4.78, 5) is 0. The van der Waals surface area contributed by atoms with E-state index in [2.05, 4.69) is 6.92 Å². The van der Waals surface area contributed by atoms with Crippen LogP contribution < -0.4 is 0 Å². The maximum Gasteiger partial charge on any atom is 0.304 e. The van der Waals surface area contributed by atoms with Gasteiger partial charge in [-0.2, -0.15) is 8.78 Å². The fourth-order valence-electron chi connectivity index (χ4n) is 5.94. The molecule has 1 nitrogen and oxygen atoms in total. The van der Waals surface area contributed by atoms with Gasteiger partial charge in [0.05, 0.1) is 6.10 Å². The molecule has 3 saturated carbocycles. The van der Waals surface area contributed by atoms with Crippen molar-refractivity contribution in [2.24, 2.45) is 29.6 Å². The first-order chi connectivity index (χ1) is 11.7. The van der Waals surface area contributed by atoms with Gasteiger partial charge in [0.15, 0.2) is 0 Å². The number of hydrogen-bond acceptors (Lipinski definition) is 1. The van der Waals surface area contributed by atoms with Crippen LogP contribution in [-0.4, -0.2) is 6.10 Å². The smallest absolute Gasteiger partial charge is 0.304 e. The van der Waals surface area contributed by atoms with E-state index in [1.165, 1.54) is 64.2 Å². The van der Waals surface area contributed by atoms with E-state index in [-0.39, 0.29) is 6.10 Å². The Morgan fingerprint density at radius 3 is 2.08 bits per heavy atom. The Labute approximate surface area is 146 Å². The second kappa shape index (κ2) is 8.67. The summed E-state index contributed by atoms with van der Waals surface area (Å²) < 4.78 is 29.6. The summed E-state index contributed by atoms with van der Waals surface area (Å²) in [6.07, 6.45) is 14.8. The summed E-state index contributed by atoms with van der Waals surface area (Å²) >= 11 is 0. The van der Waals surface area contributed by atoms with Gasteiger partial charge in [0.2, 0.25) is 0 Å². The third kappa shape index (κ3) is 4.73. The Bertz CT molecular complexity index is 410. The Balaban J connectivity index is 1.44. The van der Waals surface area contributed by atoms with Crippen molar-refractivity contribution in [2.45, 2.75) is 90.1 Å². The monoisotopic (exact) mass is 340 g/mol. The van der Waals surface area contributed by atoms with E-state index in [0.717, 1.165) is 36.5 Å². The lowest BCUT2D eigenvalue weighted by Crippen LogP contribution is -2.36. The molecule has 138 valence electrons. The molecule has 3 heteroatoms. The zero-order valence-corrected chi connectivity index (χ0v) is 15.2. The van der Waals surface area contributed by atoms with E-state index in [1.54, 1.807) is 0 Å². The maximum atomic E-state index is 12.2. The highest BCUT2D eigenvalue weighted by molar-refractivity contribution is 4.90. The van der Waals surface area contributed by atoms with Crippen LogP contribution in [0.4, 0.5) is 8.78 Å². The first-order valence-electron chi connectivity index (χ1n) is 10.3. The molecular weight excluding hydrogens is 306 g/mol. The zero-order chi connectivity index (χ0) is 16.9. The SMILES string of the molecule is CCCC1CCC(C2CCC3CC(OC=C(F)F)CCC3C2)CC1. The van der Waals surface area contributed by atoms with Crippen molar-refractivity contribution >= 4 is 0 Å². The second-order valence-electron chi connectivity index (χ2n) is 8.64. The van der Waals surface area contributed by atoms with Crippen molar-refractivity contribution < 1.29 is 13.5 Å². The molecule has 0 radical (unpaired) electrons. The average molecular weight is 340 g/mol. The van der Waals surface area contributed by atoms with Crippen LogP contribution >= 0.6 is 0 Å². The molecule has 4 unspecified atom stereocenters. The van der Waals surface area contributed by atoms with Crippen molar-refractivity contribution in [3.63, 3.8) is 0 Å². The van der Waals surface area contributed by atoms with Gasteiger partial charge in [-0.3, -0.25) is 0 Å². The van der Waals surface area contributed by atoms with E-state index in [4.69, 9.17) is 4.74 Å². The largest absolute Gasteiger partial charge is 0.492 e. The molecule has 0 aliphatic heterocycles. The van der Waals surface area contributed by atoms with Crippen molar-refractivity contribution in [2.75, 3.05) is 0 Å².